The molecular weight excluding hydrogens is 306 g/mol. The summed E-state index contributed by atoms with van der Waals surface area (Å²) >= 11 is 0. The summed E-state index contributed by atoms with van der Waals surface area (Å²) in [6, 6.07) is -0.148. The van der Waals surface area contributed by atoms with Crippen LogP contribution in [0.4, 0.5) is 4.79 Å². The minimum absolute atomic E-state index is 0.0637. The van der Waals surface area contributed by atoms with Crippen molar-refractivity contribution in [2.45, 2.75) is 71.6 Å². The molecule has 0 radical (unpaired) electrons. The number of hydrogen-bond acceptors (Lipinski definition) is 4. The molecule has 136 valence electrons. The third-order valence-corrected chi connectivity index (χ3v) is 5.27. The lowest BCUT2D eigenvalue weighted by atomic mass is 9.97. The van der Waals surface area contributed by atoms with Gasteiger partial charge in [0.25, 0.3) is 0 Å². The Kier molecular flexibility index (Phi) is 5.85. The minimum atomic E-state index is -0.292. The van der Waals surface area contributed by atoms with Crippen LogP contribution in [0.5, 0.6) is 0 Å². The van der Waals surface area contributed by atoms with Crippen molar-refractivity contribution in [2.24, 2.45) is 0 Å². The highest BCUT2D eigenvalue weighted by Crippen LogP contribution is 2.27. The van der Waals surface area contributed by atoms with Crippen molar-refractivity contribution in [2.75, 3.05) is 20.2 Å². The number of fused-ring (bicyclic) bond motifs is 1. The second kappa shape index (κ2) is 7.51. The molecule has 2 amide bonds. The smallest absolute Gasteiger partial charge is 0.318 e. The van der Waals surface area contributed by atoms with E-state index in [0.717, 1.165) is 31.0 Å². The molecule has 0 aromatic carbocycles. The van der Waals surface area contributed by atoms with Crippen molar-refractivity contribution in [3.05, 3.63) is 11.6 Å². The second-order valence-electron chi connectivity index (χ2n) is 6.85. The molecule has 1 aliphatic heterocycles. The molecule has 1 aromatic rings. The lowest BCUT2D eigenvalue weighted by Crippen LogP contribution is -2.51. The first-order valence-electron chi connectivity index (χ1n) is 8.91. The summed E-state index contributed by atoms with van der Waals surface area (Å²) in [5, 5.41) is 11.7. The van der Waals surface area contributed by atoms with Gasteiger partial charge in [-0.1, -0.05) is 27.7 Å². The van der Waals surface area contributed by atoms with Crippen molar-refractivity contribution < 1.29 is 9.53 Å². The first kappa shape index (κ1) is 18.7. The Hall–Kier alpha value is -1.63. The summed E-state index contributed by atoms with van der Waals surface area (Å²) < 4.78 is 7.78. The third kappa shape index (κ3) is 3.41. The van der Waals surface area contributed by atoms with Crippen LogP contribution >= 0.6 is 0 Å². The van der Waals surface area contributed by atoms with Gasteiger partial charge in [-0.3, -0.25) is 0 Å². The summed E-state index contributed by atoms with van der Waals surface area (Å²) in [6.45, 7) is 12.3. The van der Waals surface area contributed by atoms with Gasteiger partial charge in [0.05, 0.1) is 11.6 Å². The zero-order chi connectivity index (χ0) is 17.9. The van der Waals surface area contributed by atoms with Gasteiger partial charge in [-0.25, -0.2) is 4.79 Å². The molecular formula is C17H31N5O2. The highest BCUT2D eigenvalue weighted by Gasteiger charge is 2.33. The van der Waals surface area contributed by atoms with Gasteiger partial charge in [0, 0.05) is 32.7 Å². The van der Waals surface area contributed by atoms with Crippen LogP contribution in [0.3, 0.4) is 0 Å². The van der Waals surface area contributed by atoms with Gasteiger partial charge >= 0.3 is 6.03 Å². The molecule has 7 nitrogen and oxygen atoms in total. The van der Waals surface area contributed by atoms with Crippen LogP contribution in [0.15, 0.2) is 0 Å². The second-order valence-corrected chi connectivity index (χ2v) is 6.85. The maximum Gasteiger partial charge on any atom is 0.318 e. The van der Waals surface area contributed by atoms with Gasteiger partial charge < -0.3 is 19.5 Å². The molecule has 0 saturated heterocycles. The maximum atomic E-state index is 12.7. The molecule has 1 N–H and O–H groups in total. The Morgan fingerprint density at radius 1 is 1.33 bits per heavy atom. The Bertz CT molecular complexity index is 557. The quantitative estimate of drug-likeness (QED) is 0.866. The van der Waals surface area contributed by atoms with Crippen molar-refractivity contribution in [3.8, 4) is 0 Å². The topological polar surface area (TPSA) is 72.3 Å². The molecule has 0 spiro atoms. The number of ether oxygens (including phenoxy) is 1. The highest BCUT2D eigenvalue weighted by atomic mass is 16.5. The van der Waals surface area contributed by atoms with E-state index in [2.05, 4.69) is 47.8 Å². The molecule has 0 saturated carbocycles. The Balaban J connectivity index is 2.06. The van der Waals surface area contributed by atoms with Crippen LogP contribution in [0, 0.1) is 0 Å². The number of rotatable bonds is 6. The van der Waals surface area contributed by atoms with E-state index in [1.54, 1.807) is 7.11 Å². The van der Waals surface area contributed by atoms with Crippen molar-refractivity contribution >= 4 is 6.03 Å². The van der Waals surface area contributed by atoms with Crippen LogP contribution in [0.2, 0.25) is 0 Å². The van der Waals surface area contributed by atoms with Gasteiger partial charge in [0.1, 0.15) is 5.82 Å². The fourth-order valence-electron chi connectivity index (χ4n) is 3.31. The largest absolute Gasteiger partial charge is 0.376 e. The van der Waals surface area contributed by atoms with Gasteiger partial charge in [-0.2, -0.15) is 0 Å². The molecule has 0 bridgehead atoms. The molecule has 2 heterocycles. The molecule has 1 aliphatic rings. The number of urea groups is 1. The fourth-order valence-corrected chi connectivity index (χ4v) is 3.31. The lowest BCUT2D eigenvalue weighted by Gasteiger charge is -2.36. The first-order chi connectivity index (χ1) is 11.4. The molecule has 1 aromatic heterocycles. The predicted molar refractivity (Wildman–Crippen MR) is 93.0 cm³/mol. The summed E-state index contributed by atoms with van der Waals surface area (Å²) in [6.07, 6.45) is 1.73. The van der Waals surface area contributed by atoms with Gasteiger partial charge in [0.2, 0.25) is 0 Å². The molecule has 0 aliphatic carbocycles. The summed E-state index contributed by atoms with van der Waals surface area (Å²) in [5.74, 6) is 2.19. The average Bonchev–Trinajstić information content (AvgIpc) is 3.02. The van der Waals surface area contributed by atoms with E-state index in [-0.39, 0.29) is 17.7 Å². The SMILES string of the molecule is CCC(CC)(CNC(=O)N1CCn2c(C(C)C)nnc2C1C)OC. The van der Waals surface area contributed by atoms with E-state index in [9.17, 15) is 4.79 Å². The molecule has 7 heteroatoms. The van der Waals surface area contributed by atoms with E-state index in [4.69, 9.17) is 4.74 Å². The van der Waals surface area contributed by atoms with E-state index < -0.39 is 0 Å². The van der Waals surface area contributed by atoms with E-state index in [1.165, 1.54) is 0 Å². The first-order valence-corrected chi connectivity index (χ1v) is 8.91. The van der Waals surface area contributed by atoms with Crippen LogP contribution < -0.4 is 5.32 Å². The number of hydrogen-bond donors (Lipinski definition) is 1. The molecule has 0 fully saturated rings. The number of carbonyl (C=O) groups excluding carboxylic acids is 1. The Morgan fingerprint density at radius 3 is 2.54 bits per heavy atom. The summed E-state index contributed by atoms with van der Waals surface area (Å²) in [4.78, 5) is 14.5. The number of carbonyl (C=O) groups is 1. The lowest BCUT2D eigenvalue weighted by molar-refractivity contribution is -0.0147. The number of aromatic nitrogens is 3. The van der Waals surface area contributed by atoms with Crippen LogP contribution in [-0.4, -0.2) is 51.5 Å². The zero-order valence-electron chi connectivity index (χ0n) is 15.8. The minimum Gasteiger partial charge on any atom is -0.376 e. The number of amides is 2. The van der Waals surface area contributed by atoms with Gasteiger partial charge in [-0.15, -0.1) is 10.2 Å². The standard InChI is InChI=1S/C17H31N5O2/c1-7-17(8-2,24-6)11-18-16(23)21-9-10-22-14(12(3)4)19-20-15(22)13(21)5/h12-13H,7-11H2,1-6H3,(H,18,23). The van der Waals surface area contributed by atoms with Crippen molar-refractivity contribution in [3.63, 3.8) is 0 Å². The monoisotopic (exact) mass is 337 g/mol. The Morgan fingerprint density at radius 2 is 2.00 bits per heavy atom. The number of methoxy groups -OCH3 is 1. The van der Waals surface area contributed by atoms with Crippen LogP contribution in [-0.2, 0) is 11.3 Å². The van der Waals surface area contributed by atoms with Gasteiger partial charge in [-0.05, 0) is 19.8 Å². The predicted octanol–water partition coefficient (Wildman–Crippen LogP) is 2.69. The van der Waals surface area contributed by atoms with Crippen molar-refractivity contribution in [1.82, 2.24) is 25.0 Å². The number of nitrogens with one attached hydrogen (secondary N) is 1. The van der Waals surface area contributed by atoms with Crippen LogP contribution in [0.1, 0.15) is 71.1 Å². The number of nitrogens with zero attached hydrogens (tertiary/aromatic N) is 4. The van der Waals surface area contributed by atoms with E-state index >= 15 is 0 Å². The molecule has 2 rings (SSSR count). The van der Waals surface area contributed by atoms with Crippen molar-refractivity contribution in [1.29, 1.82) is 0 Å². The van der Waals surface area contributed by atoms with E-state index in [1.807, 2.05) is 11.8 Å². The van der Waals surface area contributed by atoms with Crippen LogP contribution in [0.25, 0.3) is 0 Å². The average molecular weight is 337 g/mol. The third-order valence-electron chi connectivity index (χ3n) is 5.27. The van der Waals surface area contributed by atoms with Gasteiger partial charge in [0.15, 0.2) is 5.82 Å². The summed E-state index contributed by atoms with van der Waals surface area (Å²) in [5.41, 5.74) is -0.292. The molecule has 1 unspecified atom stereocenters. The molecule has 1 atom stereocenters. The summed E-state index contributed by atoms with van der Waals surface area (Å²) in [7, 11) is 1.71. The Labute approximate surface area is 144 Å². The fraction of sp³-hybridized carbons (Fsp3) is 0.824. The highest BCUT2D eigenvalue weighted by molar-refractivity contribution is 5.74. The zero-order valence-corrected chi connectivity index (χ0v) is 15.8. The normalized spacial score (nSPS) is 18.0. The van der Waals surface area contributed by atoms with E-state index in [0.29, 0.717) is 19.0 Å². The molecule has 24 heavy (non-hydrogen) atoms. The maximum absolute atomic E-state index is 12.7.